The van der Waals surface area contributed by atoms with Gasteiger partial charge in [-0.2, -0.15) is 0 Å². The van der Waals surface area contributed by atoms with Crippen molar-refractivity contribution in [1.29, 1.82) is 0 Å². The Morgan fingerprint density at radius 2 is 1.86 bits per heavy atom. The van der Waals surface area contributed by atoms with E-state index >= 15 is 0 Å². The standard InChI is InChI=1S/C16H20N2O3S/c19-22(20,16-9-17-15-4-2-1-3-14(15)16)13-5-7-18(8-6-13)12-10-21-11-12/h1-4,9,12-13,17H,5-8,10-11H2. The van der Waals surface area contributed by atoms with Crippen molar-refractivity contribution >= 4 is 20.7 Å². The zero-order valence-electron chi connectivity index (χ0n) is 12.4. The number of rotatable bonds is 3. The maximum absolute atomic E-state index is 13.0. The summed E-state index contributed by atoms with van der Waals surface area (Å²) in [4.78, 5) is 5.89. The first-order valence-corrected chi connectivity index (χ1v) is 9.33. The van der Waals surface area contributed by atoms with E-state index in [9.17, 15) is 8.42 Å². The largest absolute Gasteiger partial charge is 0.378 e. The van der Waals surface area contributed by atoms with Crippen molar-refractivity contribution in [3.05, 3.63) is 30.5 Å². The molecule has 6 heteroatoms. The lowest BCUT2D eigenvalue weighted by Crippen LogP contribution is -2.53. The molecule has 1 N–H and O–H groups in total. The molecule has 1 aromatic carbocycles. The topological polar surface area (TPSA) is 62.4 Å². The number of fused-ring (bicyclic) bond motifs is 1. The van der Waals surface area contributed by atoms with Gasteiger partial charge in [0.15, 0.2) is 9.84 Å². The lowest BCUT2D eigenvalue weighted by molar-refractivity contribution is -0.0695. The van der Waals surface area contributed by atoms with E-state index in [-0.39, 0.29) is 5.25 Å². The van der Waals surface area contributed by atoms with E-state index in [0.29, 0.717) is 23.8 Å². The Morgan fingerprint density at radius 1 is 1.14 bits per heavy atom. The molecule has 1 aromatic heterocycles. The second-order valence-corrected chi connectivity index (χ2v) is 8.37. The fourth-order valence-corrected chi connectivity index (χ4v) is 5.34. The number of benzene rings is 1. The number of hydrogen-bond donors (Lipinski definition) is 1. The molecule has 0 radical (unpaired) electrons. The monoisotopic (exact) mass is 320 g/mol. The molecule has 0 amide bonds. The first-order chi connectivity index (χ1) is 10.7. The molecule has 0 spiro atoms. The predicted molar refractivity (Wildman–Crippen MR) is 84.7 cm³/mol. The van der Waals surface area contributed by atoms with E-state index in [4.69, 9.17) is 4.74 Å². The molecule has 22 heavy (non-hydrogen) atoms. The van der Waals surface area contributed by atoms with Gasteiger partial charge < -0.3 is 9.72 Å². The summed E-state index contributed by atoms with van der Waals surface area (Å²) in [5, 5.41) is 0.529. The summed E-state index contributed by atoms with van der Waals surface area (Å²) in [5.41, 5.74) is 0.880. The third-order valence-electron chi connectivity index (χ3n) is 4.91. The Morgan fingerprint density at radius 3 is 2.55 bits per heavy atom. The lowest BCUT2D eigenvalue weighted by atomic mass is 10.1. The quantitative estimate of drug-likeness (QED) is 0.937. The van der Waals surface area contributed by atoms with E-state index in [1.807, 2.05) is 24.3 Å². The fourth-order valence-electron chi connectivity index (χ4n) is 3.45. The second kappa shape index (κ2) is 5.37. The van der Waals surface area contributed by atoms with E-state index < -0.39 is 9.84 Å². The summed E-state index contributed by atoms with van der Waals surface area (Å²) in [5.74, 6) is 0. The second-order valence-electron chi connectivity index (χ2n) is 6.17. The molecule has 5 nitrogen and oxygen atoms in total. The molecule has 0 unspecified atom stereocenters. The number of hydrogen-bond acceptors (Lipinski definition) is 4. The predicted octanol–water partition coefficient (Wildman–Crippen LogP) is 1.80. The molecule has 2 aliphatic rings. The van der Waals surface area contributed by atoms with Crippen LogP contribution in [0.4, 0.5) is 0 Å². The number of likely N-dealkylation sites (tertiary alicyclic amines) is 1. The van der Waals surface area contributed by atoms with Crippen LogP contribution in [-0.4, -0.2) is 55.9 Å². The average molecular weight is 320 g/mol. The normalized spacial score (nSPS) is 22.0. The van der Waals surface area contributed by atoms with Crippen LogP contribution in [0.1, 0.15) is 12.8 Å². The van der Waals surface area contributed by atoms with Gasteiger partial charge in [0, 0.05) is 17.1 Å². The van der Waals surface area contributed by atoms with Gasteiger partial charge in [-0.15, -0.1) is 0 Å². The Labute approximate surface area is 130 Å². The van der Waals surface area contributed by atoms with Gasteiger partial charge in [0.05, 0.1) is 29.4 Å². The van der Waals surface area contributed by atoms with Crippen molar-refractivity contribution in [3.63, 3.8) is 0 Å². The molecule has 2 aromatic rings. The summed E-state index contributed by atoms with van der Waals surface area (Å²) in [6.45, 7) is 3.28. The van der Waals surface area contributed by atoms with Crippen LogP contribution in [0.15, 0.2) is 35.4 Å². The molecule has 4 rings (SSSR count). The van der Waals surface area contributed by atoms with Crippen LogP contribution in [0.25, 0.3) is 10.9 Å². The van der Waals surface area contributed by atoms with Crippen LogP contribution in [0.3, 0.4) is 0 Å². The van der Waals surface area contributed by atoms with Crippen LogP contribution in [0.5, 0.6) is 0 Å². The summed E-state index contributed by atoms with van der Waals surface area (Å²) < 4.78 is 31.1. The van der Waals surface area contributed by atoms with Crippen LogP contribution in [0.2, 0.25) is 0 Å². The Hall–Kier alpha value is -1.37. The molecule has 0 aliphatic carbocycles. The van der Waals surface area contributed by atoms with Gasteiger partial charge in [-0.3, -0.25) is 4.90 Å². The zero-order valence-corrected chi connectivity index (χ0v) is 13.2. The Balaban J connectivity index is 1.56. The van der Waals surface area contributed by atoms with Gasteiger partial charge in [0.25, 0.3) is 0 Å². The molecular weight excluding hydrogens is 300 g/mol. The van der Waals surface area contributed by atoms with Crippen LogP contribution in [0, 0.1) is 0 Å². The molecule has 0 bridgehead atoms. The number of para-hydroxylation sites is 1. The minimum atomic E-state index is -3.27. The highest BCUT2D eigenvalue weighted by Gasteiger charge is 2.36. The molecule has 118 valence electrons. The first-order valence-electron chi connectivity index (χ1n) is 7.78. The number of piperidine rings is 1. The number of ether oxygens (including phenoxy) is 1. The number of nitrogens with zero attached hydrogens (tertiary/aromatic N) is 1. The van der Waals surface area contributed by atoms with E-state index in [2.05, 4.69) is 9.88 Å². The van der Waals surface area contributed by atoms with Crippen LogP contribution in [-0.2, 0) is 14.6 Å². The summed E-state index contributed by atoms with van der Waals surface area (Å²) in [6.07, 6.45) is 3.06. The molecule has 3 heterocycles. The molecular formula is C16H20N2O3S. The van der Waals surface area contributed by atoms with Crippen molar-refractivity contribution in [3.8, 4) is 0 Å². The molecule has 0 atom stereocenters. The van der Waals surface area contributed by atoms with Gasteiger partial charge in [-0.25, -0.2) is 8.42 Å². The maximum Gasteiger partial charge on any atom is 0.183 e. The molecule has 0 saturated carbocycles. The molecule has 2 aliphatic heterocycles. The highest BCUT2D eigenvalue weighted by molar-refractivity contribution is 7.92. The van der Waals surface area contributed by atoms with Gasteiger partial charge in [-0.1, -0.05) is 18.2 Å². The summed E-state index contributed by atoms with van der Waals surface area (Å²) in [6, 6.07) is 8.08. The number of H-pyrrole nitrogens is 1. The minimum absolute atomic E-state index is 0.274. The first kappa shape index (κ1) is 14.2. The van der Waals surface area contributed by atoms with E-state index in [1.54, 1.807) is 6.20 Å². The van der Waals surface area contributed by atoms with Crippen molar-refractivity contribution in [2.45, 2.75) is 29.0 Å². The van der Waals surface area contributed by atoms with Crippen molar-refractivity contribution in [2.24, 2.45) is 0 Å². The summed E-state index contributed by atoms with van der Waals surface area (Å²) >= 11 is 0. The summed E-state index contributed by atoms with van der Waals surface area (Å²) in [7, 11) is -3.27. The van der Waals surface area contributed by atoms with Crippen molar-refractivity contribution in [2.75, 3.05) is 26.3 Å². The van der Waals surface area contributed by atoms with Crippen LogP contribution < -0.4 is 0 Å². The van der Waals surface area contributed by atoms with Crippen molar-refractivity contribution < 1.29 is 13.2 Å². The maximum atomic E-state index is 13.0. The molecule has 2 saturated heterocycles. The minimum Gasteiger partial charge on any atom is -0.378 e. The zero-order chi connectivity index (χ0) is 15.2. The Kier molecular flexibility index (Phi) is 3.47. The van der Waals surface area contributed by atoms with E-state index in [1.165, 1.54) is 0 Å². The van der Waals surface area contributed by atoms with Crippen LogP contribution >= 0.6 is 0 Å². The van der Waals surface area contributed by atoms with Gasteiger partial charge in [-0.05, 0) is 32.0 Å². The third kappa shape index (κ3) is 2.26. The smallest absolute Gasteiger partial charge is 0.183 e. The van der Waals surface area contributed by atoms with Gasteiger partial charge in [0.2, 0.25) is 0 Å². The number of nitrogens with one attached hydrogen (secondary N) is 1. The number of sulfone groups is 1. The molecule has 2 fully saturated rings. The highest BCUT2D eigenvalue weighted by Crippen LogP contribution is 2.30. The number of aromatic amines is 1. The fraction of sp³-hybridized carbons (Fsp3) is 0.500. The highest BCUT2D eigenvalue weighted by atomic mass is 32.2. The SMILES string of the molecule is O=S(=O)(c1c[nH]c2ccccc12)C1CCN(C2COC2)CC1. The lowest BCUT2D eigenvalue weighted by Gasteiger charge is -2.41. The number of aromatic nitrogens is 1. The van der Waals surface area contributed by atoms with Gasteiger partial charge >= 0.3 is 0 Å². The van der Waals surface area contributed by atoms with E-state index in [0.717, 1.165) is 37.2 Å². The van der Waals surface area contributed by atoms with Gasteiger partial charge in [0.1, 0.15) is 0 Å². The third-order valence-corrected chi connectivity index (χ3v) is 7.21. The average Bonchev–Trinajstić information content (AvgIpc) is 2.91. The van der Waals surface area contributed by atoms with Crippen molar-refractivity contribution in [1.82, 2.24) is 9.88 Å². The Bertz CT molecular complexity index is 772.